The number of aromatic nitrogens is 4. The van der Waals surface area contributed by atoms with Crippen molar-refractivity contribution in [3.63, 3.8) is 0 Å². The number of hydrogen-bond donors (Lipinski definition) is 0. The van der Waals surface area contributed by atoms with Crippen LogP contribution < -0.4 is 5.56 Å². The first-order valence-corrected chi connectivity index (χ1v) is 7.21. The molecule has 0 fully saturated rings. The van der Waals surface area contributed by atoms with Crippen LogP contribution in [0.3, 0.4) is 0 Å². The Morgan fingerprint density at radius 1 is 1.25 bits per heavy atom. The van der Waals surface area contributed by atoms with E-state index in [1.165, 1.54) is 19.2 Å². The van der Waals surface area contributed by atoms with E-state index in [1.807, 2.05) is 0 Å². The van der Waals surface area contributed by atoms with Crippen molar-refractivity contribution in [1.82, 2.24) is 19.9 Å². The molecule has 3 aromatic rings. The van der Waals surface area contributed by atoms with Gasteiger partial charge in [-0.05, 0) is 30.3 Å². The Balaban J connectivity index is 1.66. The predicted octanol–water partition coefficient (Wildman–Crippen LogP) is 1.84. The predicted molar refractivity (Wildman–Crippen MR) is 83.3 cm³/mol. The van der Waals surface area contributed by atoms with E-state index < -0.39 is 5.97 Å². The highest BCUT2D eigenvalue weighted by molar-refractivity contribution is 6.30. The normalized spacial score (nSPS) is 10.6. The van der Waals surface area contributed by atoms with Crippen LogP contribution in [0.5, 0.6) is 0 Å². The Morgan fingerprint density at radius 3 is 2.71 bits per heavy atom. The second-order valence-corrected chi connectivity index (χ2v) is 5.21. The van der Waals surface area contributed by atoms with E-state index in [-0.39, 0.29) is 23.8 Å². The summed E-state index contributed by atoms with van der Waals surface area (Å²) in [4.78, 5) is 27.3. The monoisotopic (exact) mass is 346 g/mol. The first-order chi connectivity index (χ1) is 11.5. The standard InChI is InChI=1S/C15H11ClN4O4/c1-20-13(21)7-6-11(18-20)15(22)23-8-12-17-14(19-24-12)9-2-4-10(16)5-3-9/h2-7H,8H2,1H3. The Kier molecular flexibility index (Phi) is 4.39. The van der Waals surface area contributed by atoms with Gasteiger partial charge in [0.15, 0.2) is 12.3 Å². The number of carbonyl (C=O) groups is 1. The lowest BCUT2D eigenvalue weighted by molar-refractivity contribution is 0.0420. The molecule has 2 heterocycles. The third kappa shape index (κ3) is 3.49. The number of halogens is 1. The van der Waals surface area contributed by atoms with Gasteiger partial charge < -0.3 is 9.26 Å². The van der Waals surface area contributed by atoms with Gasteiger partial charge in [0.25, 0.3) is 11.4 Å². The van der Waals surface area contributed by atoms with Gasteiger partial charge in [-0.3, -0.25) is 4.79 Å². The number of rotatable bonds is 4. The molecule has 0 unspecified atom stereocenters. The number of esters is 1. The first-order valence-electron chi connectivity index (χ1n) is 6.83. The highest BCUT2D eigenvalue weighted by Crippen LogP contribution is 2.18. The summed E-state index contributed by atoms with van der Waals surface area (Å²) < 4.78 is 11.1. The van der Waals surface area contributed by atoms with Crippen molar-refractivity contribution in [2.24, 2.45) is 7.05 Å². The molecule has 2 aromatic heterocycles. The number of carbonyl (C=O) groups excluding carboxylic acids is 1. The smallest absolute Gasteiger partial charge is 0.359 e. The fourth-order valence-corrected chi connectivity index (χ4v) is 1.97. The maximum absolute atomic E-state index is 11.9. The van der Waals surface area contributed by atoms with Crippen molar-refractivity contribution in [2.45, 2.75) is 6.61 Å². The number of nitrogens with zero attached hydrogens (tertiary/aromatic N) is 4. The van der Waals surface area contributed by atoms with Crippen molar-refractivity contribution < 1.29 is 14.1 Å². The van der Waals surface area contributed by atoms with Gasteiger partial charge in [0.1, 0.15) is 0 Å². The highest BCUT2D eigenvalue weighted by Gasteiger charge is 2.14. The van der Waals surface area contributed by atoms with Crippen molar-refractivity contribution in [3.8, 4) is 11.4 Å². The zero-order valence-electron chi connectivity index (χ0n) is 12.5. The summed E-state index contributed by atoms with van der Waals surface area (Å²) in [6, 6.07) is 9.43. The van der Waals surface area contributed by atoms with Crippen molar-refractivity contribution in [3.05, 3.63) is 63.4 Å². The first kappa shape index (κ1) is 15.9. The average Bonchev–Trinajstić information content (AvgIpc) is 3.05. The van der Waals surface area contributed by atoms with Gasteiger partial charge in [-0.1, -0.05) is 16.8 Å². The van der Waals surface area contributed by atoms with E-state index in [2.05, 4.69) is 15.2 Å². The summed E-state index contributed by atoms with van der Waals surface area (Å²) in [6.07, 6.45) is 0. The second-order valence-electron chi connectivity index (χ2n) is 4.78. The molecule has 0 saturated heterocycles. The lowest BCUT2D eigenvalue weighted by Crippen LogP contribution is -2.21. The van der Waals surface area contributed by atoms with Crippen molar-refractivity contribution in [1.29, 1.82) is 0 Å². The Bertz CT molecular complexity index is 933. The minimum atomic E-state index is -0.697. The molecule has 0 aliphatic rings. The van der Waals surface area contributed by atoms with Crippen LogP contribution in [0.1, 0.15) is 16.4 Å². The molecular weight excluding hydrogens is 336 g/mol. The van der Waals surface area contributed by atoms with Gasteiger partial charge in [-0.2, -0.15) is 10.1 Å². The van der Waals surface area contributed by atoms with Crippen LogP contribution in [-0.2, 0) is 18.4 Å². The Labute approximate surface area is 140 Å². The van der Waals surface area contributed by atoms with Crippen LogP contribution in [0, 0.1) is 0 Å². The van der Waals surface area contributed by atoms with Crippen LogP contribution in [0.2, 0.25) is 5.02 Å². The number of ether oxygens (including phenoxy) is 1. The molecule has 0 aliphatic heterocycles. The van der Waals surface area contributed by atoms with Gasteiger partial charge >= 0.3 is 5.97 Å². The topological polar surface area (TPSA) is 100 Å². The summed E-state index contributed by atoms with van der Waals surface area (Å²) in [6.45, 7) is -0.204. The molecule has 0 saturated carbocycles. The third-order valence-electron chi connectivity index (χ3n) is 3.07. The van der Waals surface area contributed by atoms with Crippen LogP contribution in [0.15, 0.2) is 45.7 Å². The van der Waals surface area contributed by atoms with E-state index in [0.717, 1.165) is 10.2 Å². The van der Waals surface area contributed by atoms with Crippen molar-refractivity contribution in [2.75, 3.05) is 0 Å². The van der Waals surface area contributed by atoms with Gasteiger partial charge in [-0.25, -0.2) is 9.48 Å². The molecular formula is C15H11ClN4O4. The van der Waals surface area contributed by atoms with Crippen LogP contribution in [0.25, 0.3) is 11.4 Å². The molecule has 122 valence electrons. The maximum Gasteiger partial charge on any atom is 0.359 e. The fraction of sp³-hybridized carbons (Fsp3) is 0.133. The van der Waals surface area contributed by atoms with Crippen LogP contribution >= 0.6 is 11.6 Å². The number of aryl methyl sites for hydroxylation is 1. The molecule has 0 bridgehead atoms. The van der Waals surface area contributed by atoms with Crippen LogP contribution in [0.4, 0.5) is 0 Å². The Hall–Kier alpha value is -3.00. The van der Waals surface area contributed by atoms with E-state index in [9.17, 15) is 9.59 Å². The largest absolute Gasteiger partial charge is 0.451 e. The van der Waals surface area contributed by atoms with E-state index in [0.29, 0.717) is 10.8 Å². The molecule has 0 spiro atoms. The molecule has 3 rings (SSSR count). The lowest BCUT2D eigenvalue weighted by atomic mass is 10.2. The SMILES string of the molecule is Cn1nc(C(=O)OCc2nc(-c3ccc(Cl)cc3)no2)ccc1=O. The summed E-state index contributed by atoms with van der Waals surface area (Å²) in [7, 11) is 1.44. The molecule has 0 atom stereocenters. The second kappa shape index (κ2) is 6.63. The molecule has 0 radical (unpaired) electrons. The van der Waals surface area contributed by atoms with E-state index in [1.54, 1.807) is 24.3 Å². The molecule has 1 aromatic carbocycles. The molecule has 9 heteroatoms. The van der Waals surface area contributed by atoms with Gasteiger partial charge in [-0.15, -0.1) is 0 Å². The summed E-state index contributed by atoms with van der Waals surface area (Å²) >= 11 is 5.82. The molecule has 8 nitrogen and oxygen atoms in total. The Morgan fingerprint density at radius 2 is 2.00 bits per heavy atom. The summed E-state index contributed by atoms with van der Waals surface area (Å²) in [5.74, 6) is -0.201. The average molecular weight is 347 g/mol. The summed E-state index contributed by atoms with van der Waals surface area (Å²) in [5.41, 5.74) is 0.408. The fourth-order valence-electron chi connectivity index (χ4n) is 1.84. The molecule has 24 heavy (non-hydrogen) atoms. The third-order valence-corrected chi connectivity index (χ3v) is 3.32. The molecule has 0 N–H and O–H groups in total. The minimum Gasteiger partial charge on any atom is -0.451 e. The van der Waals surface area contributed by atoms with E-state index in [4.69, 9.17) is 20.9 Å². The van der Waals surface area contributed by atoms with Crippen LogP contribution in [-0.4, -0.2) is 25.9 Å². The minimum absolute atomic E-state index is 0.00883. The number of hydrogen-bond acceptors (Lipinski definition) is 7. The van der Waals surface area contributed by atoms with Gasteiger partial charge in [0, 0.05) is 23.7 Å². The van der Waals surface area contributed by atoms with E-state index >= 15 is 0 Å². The number of benzene rings is 1. The summed E-state index contributed by atoms with van der Waals surface area (Å²) in [5, 5.41) is 8.21. The molecule has 0 amide bonds. The van der Waals surface area contributed by atoms with Gasteiger partial charge in [0.2, 0.25) is 5.82 Å². The zero-order valence-corrected chi connectivity index (χ0v) is 13.2. The van der Waals surface area contributed by atoms with Gasteiger partial charge in [0.05, 0.1) is 0 Å². The molecule has 0 aliphatic carbocycles. The zero-order chi connectivity index (χ0) is 17.1. The highest BCUT2D eigenvalue weighted by atomic mass is 35.5. The maximum atomic E-state index is 11.9. The van der Waals surface area contributed by atoms with Crippen molar-refractivity contribution >= 4 is 17.6 Å². The quantitative estimate of drug-likeness (QED) is 0.664. The lowest BCUT2D eigenvalue weighted by Gasteiger charge is -2.02.